The number of carboxylic acids is 1. The average molecular weight is 363 g/mol. The van der Waals surface area contributed by atoms with Crippen molar-refractivity contribution >= 4 is 21.9 Å². The molecule has 126 valence electrons. The van der Waals surface area contributed by atoms with Gasteiger partial charge in [0.1, 0.15) is 0 Å². The van der Waals surface area contributed by atoms with Crippen molar-refractivity contribution in [3.63, 3.8) is 0 Å². The zero-order valence-electron chi connectivity index (χ0n) is 13.9. The fourth-order valence-corrected chi connectivity index (χ4v) is 3.29. The smallest absolute Gasteiger partial charge is 0.303 e. The van der Waals surface area contributed by atoms with Crippen LogP contribution in [0.4, 0.5) is 0 Å². The molecule has 0 heterocycles. The van der Waals surface area contributed by atoms with Gasteiger partial charge < -0.3 is 5.11 Å². The van der Waals surface area contributed by atoms with Crippen molar-refractivity contribution in [2.75, 3.05) is 0 Å². The highest BCUT2D eigenvalue weighted by molar-refractivity contribution is 9.09. The molecule has 1 N–H and O–H groups in total. The second-order valence-electron chi connectivity index (χ2n) is 6.21. The van der Waals surface area contributed by atoms with Gasteiger partial charge in [-0.25, -0.2) is 0 Å². The molecule has 0 bridgehead atoms. The second-order valence-corrected chi connectivity index (χ2v) is 7.50. The number of halogens is 1. The van der Waals surface area contributed by atoms with Gasteiger partial charge in [-0.15, -0.1) is 0 Å². The third-order valence-corrected chi connectivity index (χ3v) is 4.94. The van der Waals surface area contributed by atoms with Crippen molar-refractivity contribution in [1.82, 2.24) is 0 Å². The maximum Gasteiger partial charge on any atom is 0.303 e. The van der Waals surface area contributed by atoms with Crippen LogP contribution in [-0.2, 0) is 4.79 Å². The van der Waals surface area contributed by atoms with E-state index in [1.54, 1.807) is 0 Å². The van der Waals surface area contributed by atoms with Gasteiger partial charge in [0, 0.05) is 11.2 Å². The van der Waals surface area contributed by atoms with E-state index in [4.69, 9.17) is 5.11 Å². The molecule has 21 heavy (non-hydrogen) atoms. The molecule has 0 radical (unpaired) electrons. The molecule has 0 aliphatic carbocycles. The van der Waals surface area contributed by atoms with Crippen molar-refractivity contribution in [2.24, 2.45) is 0 Å². The second kappa shape index (κ2) is 16.3. The fraction of sp³-hybridized carbons (Fsp3) is 0.944. The van der Waals surface area contributed by atoms with Gasteiger partial charge in [0.2, 0.25) is 0 Å². The van der Waals surface area contributed by atoms with E-state index >= 15 is 0 Å². The number of carbonyl (C=O) groups is 1. The Labute approximate surface area is 140 Å². The van der Waals surface area contributed by atoms with E-state index in [1.807, 2.05) is 0 Å². The monoisotopic (exact) mass is 362 g/mol. The molecule has 0 aromatic rings. The van der Waals surface area contributed by atoms with Crippen molar-refractivity contribution in [2.45, 2.75) is 108 Å². The van der Waals surface area contributed by atoms with Crippen LogP contribution < -0.4 is 0 Å². The van der Waals surface area contributed by atoms with E-state index in [9.17, 15) is 4.79 Å². The highest BCUT2D eigenvalue weighted by atomic mass is 79.9. The Morgan fingerprint density at radius 1 is 0.810 bits per heavy atom. The molecule has 1 atom stereocenters. The normalized spacial score (nSPS) is 12.5. The van der Waals surface area contributed by atoms with Gasteiger partial charge in [-0.2, -0.15) is 0 Å². The Kier molecular flexibility index (Phi) is 16.3. The summed E-state index contributed by atoms with van der Waals surface area (Å²) in [5.41, 5.74) is 0. The van der Waals surface area contributed by atoms with E-state index in [0.29, 0.717) is 11.2 Å². The lowest BCUT2D eigenvalue weighted by molar-refractivity contribution is -0.137. The van der Waals surface area contributed by atoms with Crippen molar-refractivity contribution in [3.05, 3.63) is 0 Å². The summed E-state index contributed by atoms with van der Waals surface area (Å²) in [5, 5.41) is 8.54. The third-order valence-electron chi connectivity index (χ3n) is 4.03. The minimum atomic E-state index is -0.660. The first-order chi connectivity index (χ1) is 10.2. The molecule has 0 spiro atoms. The maximum absolute atomic E-state index is 10.4. The van der Waals surface area contributed by atoms with Crippen LogP contribution in [0, 0.1) is 0 Å². The molecule has 3 heteroatoms. The molecule has 0 saturated carbocycles. The van der Waals surface area contributed by atoms with Gasteiger partial charge in [0.25, 0.3) is 0 Å². The minimum Gasteiger partial charge on any atom is -0.481 e. The predicted molar refractivity (Wildman–Crippen MR) is 95.3 cm³/mol. The van der Waals surface area contributed by atoms with Crippen LogP contribution in [-0.4, -0.2) is 15.9 Å². The molecule has 1 unspecified atom stereocenters. The number of unbranched alkanes of at least 4 members (excludes halogenated alkanes) is 10. The van der Waals surface area contributed by atoms with Crippen LogP contribution in [0.25, 0.3) is 0 Å². The van der Waals surface area contributed by atoms with Gasteiger partial charge in [-0.3, -0.25) is 4.79 Å². The number of aliphatic carboxylic acids is 1. The van der Waals surface area contributed by atoms with Crippen LogP contribution >= 0.6 is 15.9 Å². The fourth-order valence-electron chi connectivity index (χ4n) is 2.64. The molecule has 0 aliphatic heterocycles. The average Bonchev–Trinajstić information content (AvgIpc) is 2.45. The van der Waals surface area contributed by atoms with Crippen molar-refractivity contribution in [3.8, 4) is 0 Å². The molecular weight excluding hydrogens is 328 g/mol. The summed E-state index contributed by atoms with van der Waals surface area (Å²) in [5.74, 6) is -0.660. The number of hydrogen-bond acceptors (Lipinski definition) is 1. The zero-order chi connectivity index (χ0) is 15.8. The van der Waals surface area contributed by atoms with Crippen molar-refractivity contribution < 1.29 is 9.90 Å². The highest BCUT2D eigenvalue weighted by Gasteiger charge is 2.03. The number of hydrogen-bond donors (Lipinski definition) is 1. The lowest BCUT2D eigenvalue weighted by Crippen LogP contribution is -1.98. The molecule has 0 aromatic carbocycles. The Bertz CT molecular complexity index is 231. The van der Waals surface area contributed by atoms with E-state index < -0.39 is 5.97 Å². The SMILES string of the molecule is CCCCCCCCC(Br)CCCCCCCCC(=O)O. The lowest BCUT2D eigenvalue weighted by atomic mass is 10.0. The summed E-state index contributed by atoms with van der Waals surface area (Å²) in [4.78, 5) is 11.1. The minimum absolute atomic E-state index is 0.335. The predicted octanol–water partition coefficient (Wildman–Crippen LogP) is 6.71. The molecule has 0 rings (SSSR count). The first kappa shape index (κ1) is 20.9. The molecule has 0 fully saturated rings. The molecule has 0 aromatic heterocycles. The first-order valence-electron chi connectivity index (χ1n) is 9.02. The maximum atomic E-state index is 10.4. The van der Waals surface area contributed by atoms with Gasteiger partial charge in [-0.05, 0) is 19.3 Å². The Morgan fingerprint density at radius 3 is 1.71 bits per heavy atom. The van der Waals surface area contributed by atoms with E-state index in [2.05, 4.69) is 22.9 Å². The number of carboxylic acid groups (broad SMARTS) is 1. The summed E-state index contributed by atoms with van der Waals surface area (Å²) in [7, 11) is 0. The highest BCUT2D eigenvalue weighted by Crippen LogP contribution is 2.19. The van der Waals surface area contributed by atoms with E-state index in [0.717, 1.165) is 12.8 Å². The Balaban J connectivity index is 3.15. The van der Waals surface area contributed by atoms with Crippen LogP contribution in [0.5, 0.6) is 0 Å². The molecular formula is C18H35BrO2. The van der Waals surface area contributed by atoms with Gasteiger partial charge in [0.15, 0.2) is 0 Å². The summed E-state index contributed by atoms with van der Waals surface area (Å²) < 4.78 is 0. The standard InChI is InChI=1S/C18H35BrO2/c1-2-3-4-5-8-11-14-17(19)15-12-9-6-7-10-13-16-18(20)21/h17H,2-16H2,1H3,(H,20,21). The Hall–Kier alpha value is -0.0500. The first-order valence-corrected chi connectivity index (χ1v) is 9.94. The quantitative estimate of drug-likeness (QED) is 0.244. The number of rotatable bonds is 16. The van der Waals surface area contributed by atoms with Gasteiger partial charge >= 0.3 is 5.97 Å². The third kappa shape index (κ3) is 17.9. The largest absolute Gasteiger partial charge is 0.481 e. The summed E-state index contributed by atoms with van der Waals surface area (Å²) in [6, 6.07) is 0. The molecule has 0 amide bonds. The molecule has 0 aliphatic rings. The number of alkyl halides is 1. The molecule has 2 nitrogen and oxygen atoms in total. The lowest BCUT2D eigenvalue weighted by Gasteiger charge is -2.09. The summed E-state index contributed by atoms with van der Waals surface area (Å²) in [6.07, 6.45) is 18.2. The van der Waals surface area contributed by atoms with Crippen LogP contribution in [0.1, 0.15) is 103 Å². The van der Waals surface area contributed by atoms with Gasteiger partial charge in [0.05, 0.1) is 0 Å². The van der Waals surface area contributed by atoms with Gasteiger partial charge in [-0.1, -0.05) is 93.5 Å². The summed E-state index contributed by atoms with van der Waals surface area (Å²) >= 11 is 3.81. The molecule has 0 saturated heterocycles. The summed E-state index contributed by atoms with van der Waals surface area (Å²) in [6.45, 7) is 2.26. The van der Waals surface area contributed by atoms with Crippen molar-refractivity contribution in [1.29, 1.82) is 0 Å². The van der Waals surface area contributed by atoms with E-state index in [-0.39, 0.29) is 0 Å². The zero-order valence-corrected chi connectivity index (χ0v) is 15.5. The topological polar surface area (TPSA) is 37.3 Å². The van der Waals surface area contributed by atoms with Crippen LogP contribution in [0.2, 0.25) is 0 Å². The van der Waals surface area contributed by atoms with E-state index in [1.165, 1.54) is 77.0 Å². The Morgan fingerprint density at radius 2 is 1.24 bits per heavy atom. The van der Waals surface area contributed by atoms with Crippen LogP contribution in [0.3, 0.4) is 0 Å². The van der Waals surface area contributed by atoms with Crippen LogP contribution in [0.15, 0.2) is 0 Å².